The number of rotatable bonds is 4. The molecule has 2 nitrogen and oxygen atoms in total. The van der Waals surface area contributed by atoms with Gasteiger partial charge in [0, 0.05) is 15.6 Å². The summed E-state index contributed by atoms with van der Waals surface area (Å²) in [5.74, 6) is -0.373. The molecule has 0 bridgehead atoms. The quantitative estimate of drug-likeness (QED) is 0.922. The molecule has 1 rings (SSSR count). The average Bonchev–Trinajstić information content (AvgIpc) is 2.30. The number of hydrogen-bond donors (Lipinski definition) is 1. The molecule has 0 spiro atoms. The van der Waals surface area contributed by atoms with Crippen LogP contribution in [0.15, 0.2) is 22.7 Å². The Morgan fingerprint density at radius 3 is 2.53 bits per heavy atom. The highest BCUT2D eigenvalue weighted by Gasteiger charge is 2.35. The van der Waals surface area contributed by atoms with Crippen LogP contribution < -0.4 is 0 Å². The number of benzene rings is 1. The SMILES string of the molecule is CCC(C)(C(O)c1cc(Br)ccc1F)N(C)C. The van der Waals surface area contributed by atoms with Gasteiger partial charge in [0.25, 0.3) is 0 Å². The highest BCUT2D eigenvalue weighted by atomic mass is 79.9. The molecule has 0 saturated carbocycles. The largest absolute Gasteiger partial charge is 0.386 e. The van der Waals surface area contributed by atoms with Gasteiger partial charge in [0.1, 0.15) is 5.82 Å². The van der Waals surface area contributed by atoms with Crippen LogP contribution in [0, 0.1) is 5.82 Å². The molecule has 0 aliphatic carbocycles. The van der Waals surface area contributed by atoms with Gasteiger partial charge in [-0.25, -0.2) is 4.39 Å². The maximum Gasteiger partial charge on any atom is 0.129 e. The zero-order valence-electron chi connectivity index (χ0n) is 10.7. The van der Waals surface area contributed by atoms with E-state index in [-0.39, 0.29) is 5.82 Å². The van der Waals surface area contributed by atoms with Crippen molar-refractivity contribution in [1.82, 2.24) is 4.90 Å². The van der Waals surface area contributed by atoms with Crippen LogP contribution in [-0.2, 0) is 0 Å². The minimum Gasteiger partial charge on any atom is -0.386 e. The van der Waals surface area contributed by atoms with Crippen LogP contribution in [0.5, 0.6) is 0 Å². The molecule has 0 aliphatic rings. The number of aliphatic hydroxyl groups is 1. The first-order valence-electron chi connectivity index (χ1n) is 5.63. The average molecular weight is 304 g/mol. The summed E-state index contributed by atoms with van der Waals surface area (Å²) in [5.41, 5.74) is -0.154. The van der Waals surface area contributed by atoms with Gasteiger partial charge in [0.2, 0.25) is 0 Å². The number of halogens is 2. The molecule has 2 atom stereocenters. The number of hydrogen-bond acceptors (Lipinski definition) is 2. The molecular weight excluding hydrogens is 285 g/mol. The third-order valence-electron chi connectivity index (χ3n) is 3.58. The van der Waals surface area contributed by atoms with Crippen molar-refractivity contribution in [3.63, 3.8) is 0 Å². The molecule has 17 heavy (non-hydrogen) atoms. The van der Waals surface area contributed by atoms with Gasteiger partial charge >= 0.3 is 0 Å². The predicted octanol–water partition coefficient (Wildman–Crippen LogP) is 3.35. The Hall–Kier alpha value is -0.450. The minimum atomic E-state index is -0.861. The van der Waals surface area contributed by atoms with Crippen LogP contribution >= 0.6 is 15.9 Å². The zero-order chi connectivity index (χ0) is 13.2. The smallest absolute Gasteiger partial charge is 0.129 e. The van der Waals surface area contributed by atoms with E-state index in [0.29, 0.717) is 5.56 Å². The highest BCUT2D eigenvalue weighted by Crippen LogP contribution is 2.34. The number of nitrogens with zero attached hydrogens (tertiary/aromatic N) is 1. The lowest BCUT2D eigenvalue weighted by Crippen LogP contribution is -2.46. The van der Waals surface area contributed by atoms with E-state index in [2.05, 4.69) is 15.9 Å². The van der Waals surface area contributed by atoms with E-state index in [9.17, 15) is 9.50 Å². The van der Waals surface area contributed by atoms with E-state index in [4.69, 9.17) is 0 Å². The Labute approximate surface area is 111 Å². The number of aliphatic hydroxyl groups excluding tert-OH is 1. The van der Waals surface area contributed by atoms with Crippen molar-refractivity contribution >= 4 is 15.9 Å². The van der Waals surface area contributed by atoms with Gasteiger partial charge in [-0.1, -0.05) is 22.9 Å². The van der Waals surface area contributed by atoms with Crippen LogP contribution in [-0.4, -0.2) is 29.6 Å². The Morgan fingerprint density at radius 1 is 1.47 bits per heavy atom. The van der Waals surface area contributed by atoms with E-state index in [1.165, 1.54) is 6.07 Å². The minimum absolute atomic E-state index is 0.331. The molecule has 4 heteroatoms. The summed E-state index contributed by atoms with van der Waals surface area (Å²) >= 11 is 3.30. The van der Waals surface area contributed by atoms with Gasteiger partial charge in [-0.2, -0.15) is 0 Å². The van der Waals surface area contributed by atoms with Gasteiger partial charge in [-0.15, -0.1) is 0 Å². The monoisotopic (exact) mass is 303 g/mol. The van der Waals surface area contributed by atoms with Crippen molar-refractivity contribution in [3.05, 3.63) is 34.1 Å². The molecule has 0 amide bonds. The van der Waals surface area contributed by atoms with Gasteiger partial charge in [-0.3, -0.25) is 0 Å². The van der Waals surface area contributed by atoms with Gasteiger partial charge in [0.15, 0.2) is 0 Å². The summed E-state index contributed by atoms with van der Waals surface area (Å²) in [7, 11) is 3.78. The standard InChI is InChI=1S/C13H19BrFNO/c1-5-13(2,16(3)4)12(17)10-8-9(14)6-7-11(10)15/h6-8,12,17H,5H2,1-4H3. The van der Waals surface area contributed by atoms with Crippen molar-refractivity contribution in [2.45, 2.75) is 31.9 Å². The second kappa shape index (κ2) is 5.46. The first kappa shape index (κ1) is 14.6. The molecule has 1 N–H and O–H groups in total. The van der Waals surface area contributed by atoms with E-state index in [1.54, 1.807) is 12.1 Å². The Kier molecular flexibility index (Phi) is 4.69. The second-order valence-corrected chi connectivity index (χ2v) is 5.59. The molecule has 2 unspecified atom stereocenters. The Bertz CT molecular complexity index is 397. The molecule has 0 fully saturated rings. The van der Waals surface area contributed by atoms with E-state index < -0.39 is 11.6 Å². The fourth-order valence-corrected chi connectivity index (χ4v) is 2.19. The van der Waals surface area contributed by atoms with E-state index in [1.807, 2.05) is 32.8 Å². The van der Waals surface area contributed by atoms with Crippen LogP contribution in [0.3, 0.4) is 0 Å². The van der Waals surface area contributed by atoms with Gasteiger partial charge in [0.05, 0.1) is 6.10 Å². The van der Waals surface area contributed by atoms with Crippen LogP contribution in [0.25, 0.3) is 0 Å². The fourth-order valence-electron chi connectivity index (χ4n) is 1.81. The maximum absolute atomic E-state index is 13.8. The molecule has 0 aliphatic heterocycles. The van der Waals surface area contributed by atoms with E-state index in [0.717, 1.165) is 10.9 Å². The van der Waals surface area contributed by atoms with Crippen LogP contribution in [0.4, 0.5) is 4.39 Å². The van der Waals surface area contributed by atoms with Crippen molar-refractivity contribution < 1.29 is 9.50 Å². The summed E-state index contributed by atoms with van der Waals surface area (Å²) in [6, 6.07) is 4.64. The van der Waals surface area contributed by atoms with Crippen molar-refractivity contribution in [2.24, 2.45) is 0 Å². The normalized spacial score (nSPS) is 16.9. The summed E-state index contributed by atoms with van der Waals surface area (Å²) in [6.07, 6.45) is -0.132. The van der Waals surface area contributed by atoms with Crippen LogP contribution in [0.1, 0.15) is 31.9 Å². The third kappa shape index (κ3) is 2.87. The highest BCUT2D eigenvalue weighted by molar-refractivity contribution is 9.10. The topological polar surface area (TPSA) is 23.5 Å². The summed E-state index contributed by atoms with van der Waals surface area (Å²) in [5, 5.41) is 10.4. The molecule has 1 aromatic rings. The molecule has 0 radical (unpaired) electrons. The lowest BCUT2D eigenvalue weighted by atomic mass is 9.85. The molecule has 0 aromatic heterocycles. The maximum atomic E-state index is 13.8. The van der Waals surface area contributed by atoms with Crippen molar-refractivity contribution in [1.29, 1.82) is 0 Å². The molecular formula is C13H19BrFNO. The first-order valence-corrected chi connectivity index (χ1v) is 6.42. The molecule has 0 heterocycles. The molecule has 1 aromatic carbocycles. The lowest BCUT2D eigenvalue weighted by Gasteiger charge is -2.40. The van der Waals surface area contributed by atoms with Crippen LogP contribution in [0.2, 0.25) is 0 Å². The Morgan fingerprint density at radius 2 is 2.06 bits per heavy atom. The van der Waals surface area contributed by atoms with Gasteiger partial charge < -0.3 is 10.0 Å². The molecule has 0 saturated heterocycles. The summed E-state index contributed by atoms with van der Waals surface area (Å²) in [4.78, 5) is 1.93. The molecule has 96 valence electrons. The first-order chi connectivity index (χ1) is 7.82. The van der Waals surface area contributed by atoms with Crippen molar-refractivity contribution in [2.75, 3.05) is 14.1 Å². The number of likely N-dealkylation sites (N-methyl/N-ethyl adjacent to an activating group) is 1. The summed E-state index contributed by atoms with van der Waals surface area (Å²) in [6.45, 7) is 3.91. The van der Waals surface area contributed by atoms with Gasteiger partial charge in [-0.05, 0) is 45.6 Å². The second-order valence-electron chi connectivity index (χ2n) is 4.67. The predicted molar refractivity (Wildman–Crippen MR) is 71.4 cm³/mol. The van der Waals surface area contributed by atoms with E-state index >= 15 is 0 Å². The Balaban J connectivity index is 3.18. The van der Waals surface area contributed by atoms with Crippen molar-refractivity contribution in [3.8, 4) is 0 Å². The third-order valence-corrected chi connectivity index (χ3v) is 4.07. The summed E-state index contributed by atoms with van der Waals surface area (Å²) < 4.78 is 14.5. The zero-order valence-corrected chi connectivity index (χ0v) is 12.3. The fraction of sp³-hybridized carbons (Fsp3) is 0.538. The lowest BCUT2D eigenvalue weighted by molar-refractivity contribution is -0.00120.